The van der Waals surface area contributed by atoms with E-state index in [0.29, 0.717) is 39.5 Å². The Balaban J connectivity index is 1.77. The number of amides is 1. The molecule has 0 saturated carbocycles. The summed E-state index contributed by atoms with van der Waals surface area (Å²) >= 11 is 11.9. The van der Waals surface area contributed by atoms with Crippen molar-refractivity contribution in [1.82, 2.24) is 0 Å². The van der Waals surface area contributed by atoms with E-state index in [2.05, 4.69) is 5.32 Å². The first-order valence-corrected chi connectivity index (χ1v) is 8.62. The summed E-state index contributed by atoms with van der Waals surface area (Å²) in [6.07, 6.45) is 0. The third-order valence-electron chi connectivity index (χ3n) is 3.62. The molecule has 0 saturated heterocycles. The number of hydrogen-bond donors (Lipinski definition) is 2. The van der Waals surface area contributed by atoms with E-state index in [1.807, 2.05) is 6.92 Å². The van der Waals surface area contributed by atoms with Crippen LogP contribution in [0.15, 0.2) is 52.9 Å². The largest absolute Gasteiger partial charge is 0.494 e. The van der Waals surface area contributed by atoms with Crippen molar-refractivity contribution < 1.29 is 13.9 Å². The lowest BCUT2D eigenvalue weighted by molar-refractivity contribution is 0.0997. The molecule has 2 aromatic carbocycles. The number of halogens is 2. The standard InChI is InChI=1S/C19H16Cl2N2O3/c1-2-25-12-4-6-16(15(22)10-12)23-19(24)18-8-7-17(26-18)11-3-5-13(20)14(21)9-11/h3-10H,2,22H2,1H3,(H,23,24). The molecule has 1 heterocycles. The van der Waals surface area contributed by atoms with Crippen LogP contribution in [0.2, 0.25) is 10.0 Å². The number of anilines is 2. The number of nitrogens with two attached hydrogens (primary N) is 1. The predicted molar refractivity (Wildman–Crippen MR) is 104 cm³/mol. The van der Waals surface area contributed by atoms with Crippen LogP contribution in [0.1, 0.15) is 17.5 Å². The van der Waals surface area contributed by atoms with Gasteiger partial charge in [0.25, 0.3) is 5.91 Å². The van der Waals surface area contributed by atoms with Crippen molar-refractivity contribution in [2.24, 2.45) is 0 Å². The third-order valence-corrected chi connectivity index (χ3v) is 4.36. The summed E-state index contributed by atoms with van der Waals surface area (Å²) in [4.78, 5) is 12.4. The van der Waals surface area contributed by atoms with Crippen LogP contribution in [0.5, 0.6) is 5.75 Å². The number of carbonyl (C=O) groups excluding carboxylic acids is 1. The summed E-state index contributed by atoms with van der Waals surface area (Å²) in [7, 11) is 0. The van der Waals surface area contributed by atoms with Crippen LogP contribution in [0, 0.1) is 0 Å². The number of furan rings is 1. The molecule has 1 aromatic heterocycles. The van der Waals surface area contributed by atoms with Crippen molar-refractivity contribution >= 4 is 40.5 Å². The van der Waals surface area contributed by atoms with E-state index in [1.165, 1.54) is 0 Å². The van der Waals surface area contributed by atoms with Gasteiger partial charge in [-0.15, -0.1) is 0 Å². The molecule has 7 heteroatoms. The van der Waals surface area contributed by atoms with Gasteiger partial charge in [-0.25, -0.2) is 0 Å². The number of nitrogen functional groups attached to an aromatic ring is 1. The number of ether oxygens (including phenoxy) is 1. The van der Waals surface area contributed by atoms with E-state index in [1.54, 1.807) is 48.5 Å². The van der Waals surface area contributed by atoms with Crippen LogP contribution in [-0.2, 0) is 0 Å². The maximum Gasteiger partial charge on any atom is 0.291 e. The van der Waals surface area contributed by atoms with Crippen molar-refractivity contribution in [1.29, 1.82) is 0 Å². The van der Waals surface area contributed by atoms with Gasteiger partial charge in [-0.3, -0.25) is 4.79 Å². The van der Waals surface area contributed by atoms with Crippen LogP contribution in [-0.4, -0.2) is 12.5 Å². The normalized spacial score (nSPS) is 10.6. The van der Waals surface area contributed by atoms with E-state index in [4.69, 9.17) is 38.1 Å². The van der Waals surface area contributed by atoms with E-state index < -0.39 is 5.91 Å². The Labute approximate surface area is 160 Å². The molecule has 3 N–H and O–H groups in total. The lowest BCUT2D eigenvalue weighted by atomic mass is 10.2. The average Bonchev–Trinajstić information content (AvgIpc) is 3.10. The molecule has 0 unspecified atom stereocenters. The summed E-state index contributed by atoms with van der Waals surface area (Å²) in [6, 6.07) is 13.5. The molecular weight excluding hydrogens is 375 g/mol. The molecule has 0 aliphatic carbocycles. The number of carbonyl (C=O) groups is 1. The van der Waals surface area contributed by atoms with E-state index in [-0.39, 0.29) is 5.76 Å². The van der Waals surface area contributed by atoms with Crippen LogP contribution < -0.4 is 15.8 Å². The molecule has 26 heavy (non-hydrogen) atoms. The van der Waals surface area contributed by atoms with Gasteiger partial charge in [0.15, 0.2) is 5.76 Å². The number of nitrogens with one attached hydrogen (secondary N) is 1. The van der Waals surface area contributed by atoms with Crippen molar-refractivity contribution in [3.8, 4) is 17.1 Å². The first-order valence-electron chi connectivity index (χ1n) is 7.87. The van der Waals surface area contributed by atoms with Gasteiger partial charge in [-0.2, -0.15) is 0 Å². The zero-order valence-electron chi connectivity index (χ0n) is 13.9. The second-order valence-electron chi connectivity index (χ2n) is 5.43. The lowest BCUT2D eigenvalue weighted by Crippen LogP contribution is -2.12. The number of hydrogen-bond acceptors (Lipinski definition) is 4. The van der Waals surface area contributed by atoms with Crippen LogP contribution in [0.4, 0.5) is 11.4 Å². The highest BCUT2D eigenvalue weighted by Crippen LogP contribution is 2.30. The first-order chi connectivity index (χ1) is 12.5. The molecule has 0 aliphatic heterocycles. The quantitative estimate of drug-likeness (QED) is 0.564. The van der Waals surface area contributed by atoms with Crippen molar-refractivity contribution in [3.05, 3.63) is 64.3 Å². The summed E-state index contributed by atoms with van der Waals surface area (Å²) in [5, 5.41) is 3.58. The van der Waals surface area contributed by atoms with E-state index in [9.17, 15) is 4.79 Å². The third kappa shape index (κ3) is 3.95. The van der Waals surface area contributed by atoms with E-state index >= 15 is 0 Å². The fourth-order valence-corrected chi connectivity index (χ4v) is 2.66. The zero-order valence-corrected chi connectivity index (χ0v) is 15.4. The topological polar surface area (TPSA) is 77.5 Å². The Kier molecular flexibility index (Phi) is 5.40. The Morgan fingerprint density at radius 1 is 1.12 bits per heavy atom. The molecule has 3 rings (SSSR count). The van der Waals surface area contributed by atoms with Gasteiger partial charge in [0.1, 0.15) is 11.5 Å². The summed E-state index contributed by atoms with van der Waals surface area (Å²) in [6.45, 7) is 2.42. The Bertz CT molecular complexity index is 954. The molecule has 134 valence electrons. The van der Waals surface area contributed by atoms with Crippen LogP contribution >= 0.6 is 23.2 Å². The second kappa shape index (κ2) is 7.72. The fraction of sp³-hybridized carbons (Fsp3) is 0.105. The molecule has 5 nitrogen and oxygen atoms in total. The molecule has 0 radical (unpaired) electrons. The molecule has 0 fully saturated rings. The van der Waals surface area contributed by atoms with Gasteiger partial charge < -0.3 is 20.2 Å². The van der Waals surface area contributed by atoms with Gasteiger partial charge in [0.2, 0.25) is 0 Å². The second-order valence-corrected chi connectivity index (χ2v) is 6.24. The molecule has 0 spiro atoms. The molecule has 0 aliphatic rings. The fourth-order valence-electron chi connectivity index (χ4n) is 2.36. The smallest absolute Gasteiger partial charge is 0.291 e. The average molecular weight is 391 g/mol. The SMILES string of the molecule is CCOc1ccc(NC(=O)c2ccc(-c3ccc(Cl)c(Cl)c3)o2)c(N)c1. The van der Waals surface area contributed by atoms with Crippen LogP contribution in [0.3, 0.4) is 0 Å². The maximum absolute atomic E-state index is 12.4. The molecule has 3 aromatic rings. The molecule has 0 atom stereocenters. The first kappa shape index (κ1) is 18.2. The lowest BCUT2D eigenvalue weighted by Gasteiger charge is -2.09. The minimum Gasteiger partial charge on any atom is -0.494 e. The monoisotopic (exact) mass is 390 g/mol. The number of benzene rings is 2. The minimum atomic E-state index is -0.410. The van der Waals surface area contributed by atoms with Crippen molar-refractivity contribution in [2.75, 3.05) is 17.7 Å². The minimum absolute atomic E-state index is 0.152. The molecular formula is C19H16Cl2N2O3. The summed E-state index contributed by atoms with van der Waals surface area (Å²) in [5.41, 5.74) is 7.55. The van der Waals surface area contributed by atoms with Gasteiger partial charge in [0, 0.05) is 11.6 Å². The highest BCUT2D eigenvalue weighted by molar-refractivity contribution is 6.42. The highest BCUT2D eigenvalue weighted by Gasteiger charge is 2.14. The Morgan fingerprint density at radius 3 is 2.62 bits per heavy atom. The van der Waals surface area contributed by atoms with E-state index in [0.717, 1.165) is 5.56 Å². The maximum atomic E-state index is 12.4. The van der Waals surface area contributed by atoms with Gasteiger partial charge in [0.05, 0.1) is 28.0 Å². The number of rotatable bonds is 5. The van der Waals surface area contributed by atoms with Crippen LogP contribution in [0.25, 0.3) is 11.3 Å². The zero-order chi connectivity index (χ0) is 18.7. The summed E-state index contributed by atoms with van der Waals surface area (Å²) in [5.74, 6) is 0.891. The highest BCUT2D eigenvalue weighted by atomic mass is 35.5. The van der Waals surface area contributed by atoms with Gasteiger partial charge in [-0.1, -0.05) is 23.2 Å². The van der Waals surface area contributed by atoms with Gasteiger partial charge in [-0.05, 0) is 49.4 Å². The predicted octanol–water partition coefficient (Wildman–Crippen LogP) is 5.49. The Morgan fingerprint density at radius 2 is 1.92 bits per heavy atom. The Hall–Kier alpha value is -2.63. The summed E-state index contributed by atoms with van der Waals surface area (Å²) < 4.78 is 11.0. The molecule has 0 bridgehead atoms. The molecule has 1 amide bonds. The van der Waals surface area contributed by atoms with Crippen molar-refractivity contribution in [2.45, 2.75) is 6.92 Å². The van der Waals surface area contributed by atoms with Gasteiger partial charge >= 0.3 is 0 Å². The van der Waals surface area contributed by atoms with Crippen molar-refractivity contribution in [3.63, 3.8) is 0 Å².